The van der Waals surface area contributed by atoms with E-state index in [1.54, 1.807) is 0 Å². The van der Waals surface area contributed by atoms with Crippen molar-refractivity contribution in [2.75, 3.05) is 0 Å². The van der Waals surface area contributed by atoms with Crippen LogP contribution in [0.2, 0.25) is 0 Å². The molecule has 0 nitrogen and oxygen atoms in total. The van der Waals surface area contributed by atoms with Gasteiger partial charge in [-0.1, -0.05) is 42.5 Å². The molecule has 22 heavy (non-hydrogen) atoms. The molecule has 0 aliphatic heterocycles. The van der Waals surface area contributed by atoms with Crippen LogP contribution in [0.25, 0.3) is 5.57 Å². The Labute approximate surface area is 124 Å². The predicted molar refractivity (Wildman–Crippen MR) is 74.0 cm³/mol. The molecule has 0 aliphatic carbocycles. The van der Waals surface area contributed by atoms with Gasteiger partial charge in [0.25, 0.3) is 0 Å². The molecule has 0 saturated heterocycles. The Morgan fingerprint density at radius 3 is 1.86 bits per heavy atom. The summed E-state index contributed by atoms with van der Waals surface area (Å²) in [6, 6.07) is 4.22. The van der Waals surface area contributed by atoms with E-state index in [0.29, 0.717) is 0 Å². The maximum Gasteiger partial charge on any atom is 0.417 e. The summed E-state index contributed by atoms with van der Waals surface area (Å²) in [6.07, 6.45) is -5.29. The van der Waals surface area contributed by atoms with Crippen molar-refractivity contribution in [3.05, 3.63) is 65.3 Å². The second-order valence-corrected chi connectivity index (χ2v) is 4.37. The van der Waals surface area contributed by atoms with E-state index in [0.717, 1.165) is 36.4 Å². The van der Waals surface area contributed by atoms with Gasteiger partial charge in [-0.05, 0) is 31.1 Å². The first-order chi connectivity index (χ1) is 10.1. The van der Waals surface area contributed by atoms with Crippen LogP contribution < -0.4 is 0 Å². The molecule has 0 unspecified atom stereocenters. The van der Waals surface area contributed by atoms with E-state index in [9.17, 15) is 26.3 Å². The summed E-state index contributed by atoms with van der Waals surface area (Å²) in [7, 11) is 0. The lowest BCUT2D eigenvalue weighted by Crippen LogP contribution is -2.14. The van der Waals surface area contributed by atoms with Gasteiger partial charge in [-0.2, -0.15) is 26.3 Å². The van der Waals surface area contributed by atoms with Crippen molar-refractivity contribution >= 4 is 5.57 Å². The summed E-state index contributed by atoms with van der Waals surface area (Å²) in [6.45, 7) is 2.81. The third-order valence-electron chi connectivity index (χ3n) is 2.78. The zero-order valence-electron chi connectivity index (χ0n) is 11.9. The summed E-state index contributed by atoms with van der Waals surface area (Å²) in [5.74, 6) is 0. The van der Waals surface area contributed by atoms with Crippen molar-refractivity contribution in [2.45, 2.75) is 26.2 Å². The Morgan fingerprint density at radius 2 is 1.41 bits per heavy atom. The van der Waals surface area contributed by atoms with Crippen LogP contribution in [0.1, 0.15) is 25.0 Å². The maximum atomic E-state index is 13.2. The molecule has 0 N–H and O–H groups in total. The topological polar surface area (TPSA) is 0 Å². The molecule has 0 saturated carbocycles. The highest BCUT2D eigenvalue weighted by Crippen LogP contribution is 2.40. The van der Waals surface area contributed by atoms with Gasteiger partial charge in [-0.25, -0.2) is 0 Å². The van der Waals surface area contributed by atoms with Crippen LogP contribution in [-0.2, 0) is 6.18 Å². The van der Waals surface area contributed by atoms with Crippen molar-refractivity contribution in [3.63, 3.8) is 0 Å². The molecule has 0 bridgehead atoms. The number of alkyl halides is 6. The van der Waals surface area contributed by atoms with Crippen molar-refractivity contribution in [3.8, 4) is 0 Å². The van der Waals surface area contributed by atoms with Crippen LogP contribution in [0.5, 0.6) is 0 Å². The molecule has 1 aromatic carbocycles. The highest BCUT2D eigenvalue weighted by atomic mass is 19.4. The fraction of sp³-hybridized carbons (Fsp3) is 0.250. The van der Waals surface area contributed by atoms with Crippen molar-refractivity contribution in [1.29, 1.82) is 0 Å². The Morgan fingerprint density at radius 1 is 0.864 bits per heavy atom. The van der Waals surface area contributed by atoms with Gasteiger partial charge >= 0.3 is 12.4 Å². The summed E-state index contributed by atoms with van der Waals surface area (Å²) >= 11 is 0. The number of rotatable bonds is 3. The molecule has 1 rings (SSSR count). The molecule has 0 fully saturated rings. The highest BCUT2D eigenvalue weighted by molar-refractivity contribution is 5.81. The van der Waals surface area contributed by atoms with Crippen molar-refractivity contribution in [1.82, 2.24) is 0 Å². The monoisotopic (exact) mass is 320 g/mol. The first-order valence-electron chi connectivity index (χ1n) is 6.36. The van der Waals surface area contributed by atoms with Crippen molar-refractivity contribution < 1.29 is 26.3 Å². The van der Waals surface area contributed by atoms with Crippen LogP contribution in [-0.4, -0.2) is 6.18 Å². The van der Waals surface area contributed by atoms with E-state index in [4.69, 9.17) is 0 Å². The zero-order chi connectivity index (χ0) is 17.0. The molecule has 0 radical (unpaired) electrons. The number of hydrogen-bond acceptors (Lipinski definition) is 0. The molecule has 0 amide bonds. The van der Waals surface area contributed by atoms with Gasteiger partial charge in [-0.15, -0.1) is 0 Å². The molecule has 120 valence electrons. The Hall–Kier alpha value is -1.98. The lowest BCUT2D eigenvalue weighted by Gasteiger charge is -2.17. The molecule has 0 heterocycles. The first-order valence-corrected chi connectivity index (χ1v) is 6.36. The van der Waals surface area contributed by atoms with E-state index in [1.807, 2.05) is 0 Å². The normalized spacial score (nSPS) is 14.7. The van der Waals surface area contributed by atoms with Crippen LogP contribution in [0.15, 0.2) is 54.1 Å². The number of allylic oxidation sites excluding steroid dienone is 6. The van der Waals surface area contributed by atoms with E-state index < -0.39 is 34.6 Å². The Bertz CT molecular complexity index is 600. The van der Waals surface area contributed by atoms with Gasteiger partial charge < -0.3 is 0 Å². The smallest absolute Gasteiger partial charge is 0.166 e. The molecular formula is C16H14F6. The fourth-order valence-electron chi connectivity index (χ4n) is 1.96. The maximum absolute atomic E-state index is 13.2. The number of benzene rings is 1. The van der Waals surface area contributed by atoms with Crippen molar-refractivity contribution in [2.24, 2.45) is 0 Å². The zero-order valence-corrected chi connectivity index (χ0v) is 11.9. The molecule has 1 aromatic rings. The van der Waals surface area contributed by atoms with Gasteiger partial charge in [-0.3, -0.25) is 0 Å². The number of halogens is 6. The average molecular weight is 320 g/mol. The molecule has 0 spiro atoms. The number of hydrogen-bond donors (Lipinski definition) is 0. The minimum absolute atomic E-state index is 0.501. The SMILES string of the molecule is C\C=C/C(=C(\C=C\C)C(F)(F)F)c1ccccc1C(F)(F)F. The van der Waals surface area contributed by atoms with Crippen LogP contribution in [0.4, 0.5) is 26.3 Å². The molecule has 0 aromatic heterocycles. The van der Waals surface area contributed by atoms with Gasteiger partial charge in [0.1, 0.15) is 0 Å². The van der Waals surface area contributed by atoms with E-state index in [1.165, 1.54) is 26.0 Å². The summed E-state index contributed by atoms with van der Waals surface area (Å²) in [5, 5.41) is 0. The summed E-state index contributed by atoms with van der Waals surface area (Å²) < 4.78 is 78.7. The summed E-state index contributed by atoms with van der Waals surface area (Å²) in [5.41, 5.74) is -3.24. The minimum atomic E-state index is -4.76. The Kier molecular flexibility index (Phi) is 5.63. The van der Waals surface area contributed by atoms with Crippen LogP contribution >= 0.6 is 0 Å². The summed E-state index contributed by atoms with van der Waals surface area (Å²) in [4.78, 5) is 0. The lowest BCUT2D eigenvalue weighted by atomic mass is 9.94. The van der Waals surface area contributed by atoms with Gasteiger partial charge in [0.05, 0.1) is 11.1 Å². The third kappa shape index (κ3) is 4.26. The Balaban J connectivity index is 3.78. The largest absolute Gasteiger partial charge is 0.417 e. The standard InChI is InChI=1S/C16H14F6/c1-3-7-11(13(8-4-2)15(17,18)19)12-9-5-6-10-14(12)16(20,21)22/h3-10H,1-2H3/b7-3-,8-4+,13-11-. The van der Waals surface area contributed by atoms with E-state index >= 15 is 0 Å². The molecular weight excluding hydrogens is 306 g/mol. The highest BCUT2D eigenvalue weighted by Gasteiger charge is 2.38. The van der Waals surface area contributed by atoms with Gasteiger partial charge in [0, 0.05) is 0 Å². The second kappa shape index (κ2) is 6.85. The predicted octanol–water partition coefficient (Wildman–Crippen LogP) is 6.17. The first kappa shape index (κ1) is 18.1. The van der Waals surface area contributed by atoms with Gasteiger partial charge in [0.2, 0.25) is 0 Å². The average Bonchev–Trinajstić information content (AvgIpc) is 2.40. The molecule has 6 heteroatoms. The third-order valence-corrected chi connectivity index (χ3v) is 2.78. The van der Waals surface area contributed by atoms with Crippen LogP contribution in [0, 0.1) is 0 Å². The second-order valence-electron chi connectivity index (χ2n) is 4.37. The quantitative estimate of drug-likeness (QED) is 0.461. The van der Waals surface area contributed by atoms with E-state index in [-0.39, 0.29) is 0 Å². The molecule has 0 atom stereocenters. The van der Waals surface area contributed by atoms with Crippen LogP contribution in [0.3, 0.4) is 0 Å². The minimum Gasteiger partial charge on any atom is -0.166 e. The van der Waals surface area contributed by atoms with Gasteiger partial charge in [0.15, 0.2) is 0 Å². The molecule has 0 aliphatic rings. The fourth-order valence-corrected chi connectivity index (χ4v) is 1.96. The van der Waals surface area contributed by atoms with E-state index in [2.05, 4.69) is 0 Å². The lowest BCUT2D eigenvalue weighted by molar-refractivity contribution is -0.137.